The summed E-state index contributed by atoms with van der Waals surface area (Å²) in [5.74, 6) is 0.741. The van der Waals surface area contributed by atoms with Gasteiger partial charge in [-0.05, 0) is 43.4 Å². The fourth-order valence-corrected chi connectivity index (χ4v) is 2.55. The number of methoxy groups -OCH3 is 1. The third-order valence-electron chi connectivity index (χ3n) is 2.97. The van der Waals surface area contributed by atoms with E-state index in [-0.39, 0.29) is 0 Å². The van der Waals surface area contributed by atoms with Crippen molar-refractivity contribution in [2.24, 2.45) is 5.10 Å². The lowest BCUT2D eigenvalue weighted by Crippen LogP contribution is -2.25. The Balaban J connectivity index is 2.02. The minimum atomic E-state index is 0.364. The predicted molar refractivity (Wildman–Crippen MR) is 101 cm³/mol. The highest BCUT2D eigenvalue weighted by Crippen LogP contribution is 2.21. The first-order valence-corrected chi connectivity index (χ1v) is 7.87. The molecule has 0 amide bonds. The van der Waals surface area contributed by atoms with E-state index < -0.39 is 0 Å². The van der Waals surface area contributed by atoms with Gasteiger partial charge in [-0.2, -0.15) is 5.10 Å². The molecule has 0 atom stereocenters. The average molecular weight is 368 g/mol. The van der Waals surface area contributed by atoms with Gasteiger partial charge in [-0.15, -0.1) is 0 Å². The monoisotopic (exact) mass is 367 g/mol. The Morgan fingerprint density at radius 1 is 1.17 bits per heavy atom. The van der Waals surface area contributed by atoms with Gasteiger partial charge in [-0.3, -0.25) is 5.43 Å². The summed E-state index contributed by atoms with van der Waals surface area (Å²) in [5.41, 5.74) is 5.07. The van der Waals surface area contributed by atoms with Crippen LogP contribution in [0.4, 0.5) is 5.69 Å². The van der Waals surface area contributed by atoms with Crippen LogP contribution >= 0.6 is 35.4 Å². The number of benzene rings is 2. The van der Waals surface area contributed by atoms with Gasteiger partial charge in [0.2, 0.25) is 0 Å². The summed E-state index contributed by atoms with van der Waals surface area (Å²) in [7, 11) is 1.61. The molecule has 7 heteroatoms. The van der Waals surface area contributed by atoms with Gasteiger partial charge in [0.1, 0.15) is 5.75 Å². The summed E-state index contributed by atoms with van der Waals surface area (Å²) in [6.07, 6.45) is 0. The number of nitrogens with one attached hydrogen (secondary N) is 2. The van der Waals surface area contributed by atoms with Crippen molar-refractivity contribution in [3.05, 3.63) is 58.1 Å². The fraction of sp³-hybridized carbons (Fsp3) is 0.125. The molecule has 0 heterocycles. The second kappa shape index (κ2) is 8.15. The average Bonchev–Trinajstić information content (AvgIpc) is 2.53. The molecular formula is C16H15Cl2N3OS. The molecule has 120 valence electrons. The number of nitrogens with zero attached hydrogens (tertiary/aromatic N) is 1. The van der Waals surface area contributed by atoms with E-state index in [1.54, 1.807) is 19.2 Å². The van der Waals surface area contributed by atoms with E-state index in [9.17, 15) is 0 Å². The van der Waals surface area contributed by atoms with Gasteiger partial charge in [0.05, 0.1) is 17.8 Å². The van der Waals surface area contributed by atoms with Crippen LogP contribution in [0.1, 0.15) is 12.5 Å². The summed E-state index contributed by atoms with van der Waals surface area (Å²) < 4.78 is 5.16. The van der Waals surface area contributed by atoms with Crippen molar-refractivity contribution in [1.29, 1.82) is 0 Å². The van der Waals surface area contributed by atoms with Crippen molar-refractivity contribution in [2.45, 2.75) is 6.92 Å². The number of anilines is 1. The molecule has 0 aliphatic rings. The van der Waals surface area contributed by atoms with Gasteiger partial charge >= 0.3 is 0 Å². The molecule has 2 aromatic rings. The molecule has 4 nitrogen and oxygen atoms in total. The summed E-state index contributed by atoms with van der Waals surface area (Å²) in [5, 5.41) is 8.73. The maximum Gasteiger partial charge on any atom is 0.191 e. The van der Waals surface area contributed by atoms with Gasteiger partial charge in [-0.25, -0.2) is 0 Å². The van der Waals surface area contributed by atoms with Crippen LogP contribution in [0.25, 0.3) is 0 Å². The number of hydrogen-bond donors (Lipinski definition) is 2. The first kappa shape index (κ1) is 17.5. The molecule has 0 aliphatic carbocycles. The smallest absolute Gasteiger partial charge is 0.191 e. The van der Waals surface area contributed by atoms with Gasteiger partial charge in [0.25, 0.3) is 0 Å². The summed E-state index contributed by atoms with van der Waals surface area (Å²) in [4.78, 5) is 0. The highest BCUT2D eigenvalue weighted by molar-refractivity contribution is 7.80. The zero-order valence-electron chi connectivity index (χ0n) is 12.6. The number of hydrogen-bond acceptors (Lipinski definition) is 3. The largest absolute Gasteiger partial charge is 0.497 e. The summed E-state index contributed by atoms with van der Waals surface area (Å²) in [6, 6.07) is 12.7. The SMILES string of the molecule is COc1cccc(NC(=S)N/N=C(/C)c2ccc(Cl)cc2Cl)c1. The Morgan fingerprint density at radius 2 is 1.96 bits per heavy atom. The van der Waals surface area contributed by atoms with E-state index in [4.69, 9.17) is 40.2 Å². The first-order valence-electron chi connectivity index (χ1n) is 6.70. The Labute approximate surface area is 150 Å². The third-order valence-corrected chi connectivity index (χ3v) is 3.71. The second-order valence-electron chi connectivity index (χ2n) is 4.62. The summed E-state index contributed by atoms with van der Waals surface area (Å²) >= 11 is 17.2. The zero-order chi connectivity index (χ0) is 16.8. The third kappa shape index (κ3) is 5.10. The molecule has 0 bridgehead atoms. The molecule has 0 unspecified atom stereocenters. The fourth-order valence-electron chi connectivity index (χ4n) is 1.84. The molecule has 2 rings (SSSR count). The molecular weight excluding hydrogens is 353 g/mol. The van der Waals surface area contributed by atoms with E-state index in [0.717, 1.165) is 17.0 Å². The lowest BCUT2D eigenvalue weighted by molar-refractivity contribution is 0.415. The maximum atomic E-state index is 6.15. The topological polar surface area (TPSA) is 45.6 Å². The van der Waals surface area contributed by atoms with Crippen LogP contribution in [0, 0.1) is 0 Å². The molecule has 0 spiro atoms. The minimum absolute atomic E-state index is 0.364. The van der Waals surface area contributed by atoms with E-state index >= 15 is 0 Å². The second-order valence-corrected chi connectivity index (χ2v) is 5.87. The van der Waals surface area contributed by atoms with Crippen LogP contribution in [0.15, 0.2) is 47.6 Å². The van der Waals surface area contributed by atoms with Crippen molar-refractivity contribution >= 4 is 51.9 Å². The molecule has 0 fully saturated rings. The molecule has 0 saturated heterocycles. The van der Waals surface area contributed by atoms with Gasteiger partial charge in [-0.1, -0.05) is 35.3 Å². The standard InChI is InChI=1S/C16H15Cl2N3OS/c1-10(14-7-6-11(17)8-15(14)18)20-21-16(23)19-12-4-3-5-13(9-12)22-2/h3-9H,1-2H3,(H2,19,21,23)/b20-10-. The number of rotatable bonds is 4. The number of halogens is 2. The van der Waals surface area contributed by atoms with Crippen LogP contribution in [0.5, 0.6) is 5.75 Å². The van der Waals surface area contributed by atoms with Crippen molar-refractivity contribution in [3.63, 3.8) is 0 Å². The quantitative estimate of drug-likeness (QED) is 0.466. The maximum absolute atomic E-state index is 6.15. The first-order chi connectivity index (χ1) is 11.0. The van der Waals surface area contributed by atoms with Gasteiger partial charge < -0.3 is 10.1 Å². The molecule has 2 aromatic carbocycles. The Kier molecular flexibility index (Phi) is 6.21. The van der Waals surface area contributed by atoms with Gasteiger partial charge in [0, 0.05) is 22.3 Å². The predicted octanol–water partition coefficient (Wildman–Crippen LogP) is 4.71. The summed E-state index contributed by atoms with van der Waals surface area (Å²) in [6.45, 7) is 1.83. The van der Waals surface area contributed by atoms with Gasteiger partial charge in [0.15, 0.2) is 5.11 Å². The Morgan fingerprint density at radius 3 is 2.65 bits per heavy atom. The van der Waals surface area contributed by atoms with E-state index in [1.165, 1.54) is 0 Å². The lowest BCUT2D eigenvalue weighted by Gasteiger charge is -2.10. The molecule has 0 saturated carbocycles. The van der Waals surface area contributed by atoms with Crippen LogP contribution < -0.4 is 15.5 Å². The van der Waals surface area contributed by atoms with E-state index in [1.807, 2.05) is 37.3 Å². The van der Waals surface area contributed by atoms with Crippen molar-refractivity contribution in [1.82, 2.24) is 5.43 Å². The highest BCUT2D eigenvalue weighted by Gasteiger charge is 2.05. The number of thiocarbonyl (C=S) groups is 1. The van der Waals surface area contributed by atoms with Crippen LogP contribution in [0.2, 0.25) is 10.0 Å². The molecule has 23 heavy (non-hydrogen) atoms. The zero-order valence-corrected chi connectivity index (χ0v) is 14.9. The molecule has 0 aliphatic heterocycles. The normalized spacial score (nSPS) is 11.0. The van der Waals surface area contributed by atoms with E-state index in [0.29, 0.717) is 20.9 Å². The van der Waals surface area contributed by atoms with Crippen molar-refractivity contribution in [2.75, 3.05) is 12.4 Å². The lowest BCUT2D eigenvalue weighted by atomic mass is 10.1. The number of ether oxygens (including phenoxy) is 1. The van der Waals surface area contributed by atoms with E-state index in [2.05, 4.69) is 15.8 Å². The Bertz CT molecular complexity index is 750. The van der Waals surface area contributed by atoms with Crippen molar-refractivity contribution < 1.29 is 4.74 Å². The van der Waals surface area contributed by atoms with Crippen LogP contribution in [-0.2, 0) is 0 Å². The molecule has 0 radical (unpaired) electrons. The molecule has 2 N–H and O–H groups in total. The van der Waals surface area contributed by atoms with Crippen LogP contribution in [0.3, 0.4) is 0 Å². The highest BCUT2D eigenvalue weighted by atomic mass is 35.5. The minimum Gasteiger partial charge on any atom is -0.497 e. The molecule has 0 aromatic heterocycles. The van der Waals surface area contributed by atoms with Crippen LogP contribution in [-0.4, -0.2) is 17.9 Å². The van der Waals surface area contributed by atoms with Crippen molar-refractivity contribution in [3.8, 4) is 5.75 Å². The number of hydrazone groups is 1. The Hall–Kier alpha value is -1.82.